The fourth-order valence-electron chi connectivity index (χ4n) is 2.30. The van der Waals surface area contributed by atoms with Crippen molar-refractivity contribution in [3.63, 3.8) is 0 Å². The molecule has 1 N–H and O–H groups in total. The van der Waals surface area contributed by atoms with Gasteiger partial charge in [-0.15, -0.1) is 0 Å². The van der Waals surface area contributed by atoms with Crippen LogP contribution in [0.5, 0.6) is 0 Å². The van der Waals surface area contributed by atoms with E-state index in [2.05, 4.69) is 21.5 Å². The number of rotatable bonds is 2. The Labute approximate surface area is 111 Å². The molecule has 0 atom stereocenters. The highest BCUT2D eigenvalue weighted by atomic mass is 35.5. The van der Waals surface area contributed by atoms with Crippen LogP contribution in [0.1, 0.15) is 24.5 Å². The zero-order valence-electron chi connectivity index (χ0n) is 10.0. The van der Waals surface area contributed by atoms with Crippen LogP contribution in [0.4, 0.5) is 0 Å². The molecule has 3 heterocycles. The van der Waals surface area contributed by atoms with E-state index < -0.39 is 0 Å². The molecule has 0 amide bonds. The third-order valence-electron chi connectivity index (χ3n) is 3.31. The Bertz CT molecular complexity index is 514. The largest absolute Gasteiger partial charge is 0.317 e. The quantitative estimate of drug-likeness (QED) is 0.904. The van der Waals surface area contributed by atoms with E-state index in [4.69, 9.17) is 11.6 Å². The van der Waals surface area contributed by atoms with Gasteiger partial charge in [0.2, 0.25) is 0 Å². The summed E-state index contributed by atoms with van der Waals surface area (Å²) in [6, 6.07) is 5.80. The number of nitrogens with one attached hydrogen (secondary N) is 1. The maximum absolute atomic E-state index is 5.83. The zero-order chi connectivity index (χ0) is 12.4. The lowest BCUT2D eigenvalue weighted by molar-refractivity contribution is 0.451. The zero-order valence-corrected chi connectivity index (χ0v) is 10.8. The van der Waals surface area contributed by atoms with Crippen LogP contribution in [0, 0.1) is 0 Å². The SMILES string of the molecule is Clc1ccc(-n2ccc(C3CCNCC3)n2)nc1. The van der Waals surface area contributed by atoms with Gasteiger partial charge in [-0.1, -0.05) is 11.6 Å². The summed E-state index contributed by atoms with van der Waals surface area (Å²) in [7, 11) is 0. The van der Waals surface area contributed by atoms with Gasteiger partial charge >= 0.3 is 0 Å². The number of hydrogen-bond donors (Lipinski definition) is 1. The van der Waals surface area contributed by atoms with E-state index in [9.17, 15) is 0 Å². The van der Waals surface area contributed by atoms with E-state index in [0.717, 1.165) is 37.4 Å². The van der Waals surface area contributed by atoms with Crippen LogP contribution in [0.25, 0.3) is 5.82 Å². The molecule has 0 spiro atoms. The average molecular weight is 263 g/mol. The molecule has 4 nitrogen and oxygen atoms in total. The minimum absolute atomic E-state index is 0.569. The Morgan fingerprint density at radius 3 is 2.78 bits per heavy atom. The molecule has 18 heavy (non-hydrogen) atoms. The molecule has 2 aromatic heterocycles. The molecule has 0 saturated carbocycles. The Kier molecular flexibility index (Phi) is 3.30. The number of aromatic nitrogens is 3. The lowest BCUT2D eigenvalue weighted by Gasteiger charge is -2.20. The molecule has 1 aliphatic rings. The van der Waals surface area contributed by atoms with E-state index in [-0.39, 0.29) is 0 Å². The monoisotopic (exact) mass is 262 g/mol. The maximum atomic E-state index is 5.83. The van der Waals surface area contributed by atoms with E-state index in [1.807, 2.05) is 23.0 Å². The summed E-state index contributed by atoms with van der Waals surface area (Å²) in [6.45, 7) is 2.16. The number of hydrogen-bond acceptors (Lipinski definition) is 3. The highest BCUT2D eigenvalue weighted by molar-refractivity contribution is 6.30. The fraction of sp³-hybridized carbons (Fsp3) is 0.385. The molecular weight excluding hydrogens is 248 g/mol. The van der Waals surface area contributed by atoms with Gasteiger partial charge < -0.3 is 5.32 Å². The summed E-state index contributed by atoms with van der Waals surface area (Å²) < 4.78 is 1.81. The smallest absolute Gasteiger partial charge is 0.153 e. The summed E-state index contributed by atoms with van der Waals surface area (Å²) in [5.74, 6) is 1.37. The molecule has 5 heteroatoms. The van der Waals surface area contributed by atoms with Crippen molar-refractivity contribution >= 4 is 11.6 Å². The van der Waals surface area contributed by atoms with Gasteiger partial charge in [0.05, 0.1) is 10.7 Å². The van der Waals surface area contributed by atoms with Crippen LogP contribution in [-0.4, -0.2) is 27.9 Å². The Morgan fingerprint density at radius 1 is 1.22 bits per heavy atom. The van der Waals surface area contributed by atoms with Gasteiger partial charge in [0.15, 0.2) is 5.82 Å². The van der Waals surface area contributed by atoms with Crippen LogP contribution in [0.2, 0.25) is 5.02 Å². The third-order valence-corrected chi connectivity index (χ3v) is 3.54. The topological polar surface area (TPSA) is 42.7 Å². The van der Waals surface area contributed by atoms with Gasteiger partial charge in [0.1, 0.15) is 0 Å². The molecular formula is C13H15ClN4. The maximum Gasteiger partial charge on any atom is 0.153 e. The second kappa shape index (κ2) is 5.08. The van der Waals surface area contributed by atoms with Crippen LogP contribution in [0.15, 0.2) is 30.6 Å². The minimum atomic E-state index is 0.569. The lowest BCUT2D eigenvalue weighted by atomic mass is 9.95. The number of halogens is 1. The lowest BCUT2D eigenvalue weighted by Crippen LogP contribution is -2.26. The number of piperidine rings is 1. The van der Waals surface area contributed by atoms with Crippen molar-refractivity contribution in [2.45, 2.75) is 18.8 Å². The molecule has 1 fully saturated rings. The summed E-state index contributed by atoms with van der Waals surface area (Å²) in [4.78, 5) is 4.26. The standard InChI is InChI=1S/C13H15ClN4/c14-11-1-2-13(16-9-11)18-8-5-12(17-18)10-3-6-15-7-4-10/h1-2,5,8-10,15H,3-4,6-7H2. The van der Waals surface area contributed by atoms with Crippen LogP contribution in [0.3, 0.4) is 0 Å². The average Bonchev–Trinajstić information content (AvgIpc) is 2.90. The van der Waals surface area contributed by atoms with E-state index in [1.54, 1.807) is 6.20 Å². The van der Waals surface area contributed by atoms with Gasteiger partial charge in [-0.3, -0.25) is 0 Å². The first kappa shape index (κ1) is 11.7. The van der Waals surface area contributed by atoms with Crippen molar-refractivity contribution in [3.05, 3.63) is 41.3 Å². The summed E-state index contributed by atoms with van der Waals surface area (Å²) in [5.41, 5.74) is 1.16. The molecule has 0 aromatic carbocycles. The Morgan fingerprint density at radius 2 is 2.06 bits per heavy atom. The molecule has 1 aliphatic heterocycles. The fourth-order valence-corrected chi connectivity index (χ4v) is 2.42. The molecule has 94 valence electrons. The normalized spacial score (nSPS) is 16.9. The van der Waals surface area contributed by atoms with Crippen LogP contribution in [-0.2, 0) is 0 Å². The highest BCUT2D eigenvalue weighted by Gasteiger charge is 2.17. The highest BCUT2D eigenvalue weighted by Crippen LogP contribution is 2.23. The third kappa shape index (κ3) is 2.40. The summed E-state index contributed by atoms with van der Waals surface area (Å²) >= 11 is 5.83. The summed E-state index contributed by atoms with van der Waals surface area (Å²) in [5, 5.41) is 8.63. The van der Waals surface area contributed by atoms with Crippen molar-refractivity contribution in [1.82, 2.24) is 20.1 Å². The predicted octanol–water partition coefficient (Wildman–Crippen LogP) is 2.39. The van der Waals surface area contributed by atoms with E-state index >= 15 is 0 Å². The molecule has 0 unspecified atom stereocenters. The van der Waals surface area contributed by atoms with Gasteiger partial charge in [0, 0.05) is 18.3 Å². The molecule has 0 radical (unpaired) electrons. The van der Waals surface area contributed by atoms with Crippen LogP contribution >= 0.6 is 11.6 Å². The van der Waals surface area contributed by atoms with Gasteiger partial charge in [0.25, 0.3) is 0 Å². The first-order valence-corrected chi connectivity index (χ1v) is 6.59. The van der Waals surface area contributed by atoms with Gasteiger partial charge in [-0.05, 0) is 44.1 Å². The molecule has 0 bridgehead atoms. The molecule has 2 aromatic rings. The Balaban J connectivity index is 1.82. The van der Waals surface area contributed by atoms with Gasteiger partial charge in [-0.2, -0.15) is 5.10 Å². The van der Waals surface area contributed by atoms with Crippen molar-refractivity contribution in [1.29, 1.82) is 0 Å². The molecule has 3 rings (SSSR count). The van der Waals surface area contributed by atoms with Crippen LogP contribution < -0.4 is 5.32 Å². The second-order valence-corrected chi connectivity index (χ2v) is 4.98. The van der Waals surface area contributed by atoms with E-state index in [1.165, 1.54) is 0 Å². The van der Waals surface area contributed by atoms with Crippen molar-refractivity contribution in [3.8, 4) is 5.82 Å². The molecule has 0 aliphatic carbocycles. The van der Waals surface area contributed by atoms with Crippen molar-refractivity contribution in [2.75, 3.05) is 13.1 Å². The number of nitrogens with zero attached hydrogens (tertiary/aromatic N) is 3. The Hall–Kier alpha value is -1.39. The predicted molar refractivity (Wildman–Crippen MR) is 71.2 cm³/mol. The van der Waals surface area contributed by atoms with Crippen molar-refractivity contribution in [2.24, 2.45) is 0 Å². The van der Waals surface area contributed by atoms with Crippen molar-refractivity contribution < 1.29 is 0 Å². The first-order chi connectivity index (χ1) is 8.83. The second-order valence-electron chi connectivity index (χ2n) is 4.54. The van der Waals surface area contributed by atoms with Gasteiger partial charge in [-0.25, -0.2) is 9.67 Å². The summed E-state index contributed by atoms with van der Waals surface area (Å²) in [6.07, 6.45) is 5.92. The minimum Gasteiger partial charge on any atom is -0.317 e. The first-order valence-electron chi connectivity index (χ1n) is 6.21. The molecule has 1 saturated heterocycles. The number of pyridine rings is 1. The van der Waals surface area contributed by atoms with E-state index in [0.29, 0.717) is 10.9 Å².